The summed E-state index contributed by atoms with van der Waals surface area (Å²) in [6, 6.07) is 5.78. The average molecular weight is 246 g/mol. The summed E-state index contributed by atoms with van der Waals surface area (Å²) >= 11 is 0. The molecule has 0 aliphatic heterocycles. The van der Waals surface area contributed by atoms with Crippen LogP contribution in [0.25, 0.3) is 0 Å². The van der Waals surface area contributed by atoms with Crippen LogP contribution in [0.3, 0.4) is 0 Å². The zero-order chi connectivity index (χ0) is 12.5. The van der Waals surface area contributed by atoms with Gasteiger partial charge in [0.2, 0.25) is 0 Å². The predicted octanol–water partition coefficient (Wildman–Crippen LogP) is 1.94. The maximum atomic E-state index is 9.72. The third kappa shape index (κ3) is 1.97. The van der Waals surface area contributed by atoms with Gasteiger partial charge in [-0.2, -0.15) is 0 Å². The van der Waals surface area contributed by atoms with Gasteiger partial charge >= 0.3 is 0 Å². The number of hydrogen-bond acceptors (Lipinski definition) is 5. The number of benzene rings is 1. The Kier molecular flexibility index (Phi) is 2.76. The molecule has 1 aromatic carbocycles. The van der Waals surface area contributed by atoms with Crippen molar-refractivity contribution in [3.63, 3.8) is 0 Å². The smallest absolute Gasteiger partial charge is 0.145 e. The van der Waals surface area contributed by atoms with Gasteiger partial charge in [0.05, 0.1) is 6.10 Å². The van der Waals surface area contributed by atoms with Crippen molar-refractivity contribution in [2.45, 2.75) is 32.5 Å². The summed E-state index contributed by atoms with van der Waals surface area (Å²) < 4.78 is 10.3. The van der Waals surface area contributed by atoms with Crippen molar-refractivity contribution in [3.05, 3.63) is 40.7 Å². The van der Waals surface area contributed by atoms with E-state index in [9.17, 15) is 5.11 Å². The highest BCUT2D eigenvalue weighted by atomic mass is 16.6. The lowest BCUT2D eigenvalue weighted by atomic mass is 10.1. The van der Waals surface area contributed by atoms with E-state index >= 15 is 0 Å². The summed E-state index contributed by atoms with van der Waals surface area (Å²) in [5.74, 6) is 0.783. The lowest BCUT2D eigenvalue weighted by molar-refractivity contribution is 0.180. The number of rotatable bonds is 3. The van der Waals surface area contributed by atoms with Crippen molar-refractivity contribution in [2.24, 2.45) is 0 Å². The van der Waals surface area contributed by atoms with E-state index in [1.807, 2.05) is 25.1 Å². The average Bonchev–Trinajstić information content (AvgIpc) is 2.94. The third-order valence-electron chi connectivity index (χ3n) is 3.28. The lowest BCUT2D eigenvalue weighted by Crippen LogP contribution is -1.98. The minimum absolute atomic E-state index is 0.323. The highest BCUT2D eigenvalue weighted by Crippen LogP contribution is 2.33. The molecule has 94 valence electrons. The lowest BCUT2D eigenvalue weighted by Gasteiger charge is -2.07. The number of aromatic nitrogens is 2. The first-order valence-electron chi connectivity index (χ1n) is 5.96. The van der Waals surface area contributed by atoms with Crippen molar-refractivity contribution < 1.29 is 14.5 Å². The maximum Gasteiger partial charge on any atom is 0.145 e. The van der Waals surface area contributed by atoms with Crippen LogP contribution in [0.1, 0.15) is 35.0 Å². The molecule has 0 bridgehead atoms. The molecule has 3 rings (SSSR count). The molecule has 1 heterocycles. The quantitative estimate of drug-likeness (QED) is 0.896. The normalized spacial score (nSPS) is 17.8. The molecule has 0 radical (unpaired) electrons. The number of hydrogen-bond donors (Lipinski definition) is 1. The minimum Gasteiger partial charge on any atom is -0.487 e. The molecule has 0 saturated carbocycles. The molecular weight excluding hydrogens is 232 g/mol. The molecule has 1 aliphatic carbocycles. The highest BCUT2D eigenvalue weighted by Gasteiger charge is 2.20. The van der Waals surface area contributed by atoms with Crippen LogP contribution in [-0.2, 0) is 13.0 Å². The minimum atomic E-state index is -0.323. The number of aliphatic hydroxyl groups excluding tert-OH is 1. The Morgan fingerprint density at radius 3 is 3.11 bits per heavy atom. The number of fused-ring (bicyclic) bond motifs is 1. The summed E-state index contributed by atoms with van der Waals surface area (Å²) in [7, 11) is 0. The molecule has 5 heteroatoms. The van der Waals surface area contributed by atoms with E-state index in [4.69, 9.17) is 4.74 Å². The summed E-state index contributed by atoms with van der Waals surface area (Å²) in [4.78, 5) is 0. The molecule has 1 atom stereocenters. The fourth-order valence-corrected chi connectivity index (χ4v) is 2.19. The molecule has 1 aromatic heterocycles. The van der Waals surface area contributed by atoms with Crippen molar-refractivity contribution in [2.75, 3.05) is 0 Å². The van der Waals surface area contributed by atoms with Crippen molar-refractivity contribution in [1.29, 1.82) is 0 Å². The molecule has 0 spiro atoms. The van der Waals surface area contributed by atoms with Crippen LogP contribution in [0.2, 0.25) is 0 Å². The second-order valence-electron chi connectivity index (χ2n) is 4.50. The molecule has 18 heavy (non-hydrogen) atoms. The van der Waals surface area contributed by atoms with Crippen LogP contribution >= 0.6 is 0 Å². The fourth-order valence-electron chi connectivity index (χ4n) is 2.19. The molecule has 2 aromatic rings. The van der Waals surface area contributed by atoms with Crippen molar-refractivity contribution in [3.8, 4) is 5.75 Å². The van der Waals surface area contributed by atoms with Gasteiger partial charge in [-0.3, -0.25) is 0 Å². The molecule has 5 nitrogen and oxygen atoms in total. The molecule has 1 aliphatic rings. The largest absolute Gasteiger partial charge is 0.487 e. The molecular formula is C13H14N2O3. The fraction of sp³-hybridized carbons (Fsp3) is 0.385. The molecule has 1 unspecified atom stereocenters. The second-order valence-corrected chi connectivity index (χ2v) is 4.50. The van der Waals surface area contributed by atoms with E-state index in [1.165, 1.54) is 0 Å². The summed E-state index contributed by atoms with van der Waals surface area (Å²) in [5, 5.41) is 17.2. The van der Waals surface area contributed by atoms with E-state index in [0.29, 0.717) is 12.3 Å². The van der Waals surface area contributed by atoms with Gasteiger partial charge in [-0.05, 0) is 43.0 Å². The predicted molar refractivity (Wildman–Crippen MR) is 63.1 cm³/mol. The van der Waals surface area contributed by atoms with Gasteiger partial charge in [0.15, 0.2) is 0 Å². The van der Waals surface area contributed by atoms with Crippen LogP contribution in [0, 0.1) is 6.92 Å². The summed E-state index contributed by atoms with van der Waals surface area (Å²) in [6.07, 6.45) is 1.37. The van der Waals surface area contributed by atoms with Crippen LogP contribution in [0.15, 0.2) is 22.8 Å². The monoisotopic (exact) mass is 246 g/mol. The topological polar surface area (TPSA) is 68.4 Å². The van der Waals surface area contributed by atoms with E-state index in [0.717, 1.165) is 35.4 Å². The molecule has 0 fully saturated rings. The number of ether oxygens (including phenoxy) is 1. The van der Waals surface area contributed by atoms with E-state index in [-0.39, 0.29) is 6.10 Å². The molecule has 1 N–H and O–H groups in total. The zero-order valence-electron chi connectivity index (χ0n) is 10.1. The number of aliphatic hydroxyl groups is 1. The van der Waals surface area contributed by atoms with Gasteiger partial charge in [0, 0.05) is 0 Å². The second kappa shape index (κ2) is 4.42. The standard InChI is InChI=1S/C13H14N2O3/c1-8-12(15-18-14-8)7-17-10-3-4-11-9(6-10)2-5-13(11)16/h3-4,6,13,16H,2,5,7H2,1H3. The van der Waals surface area contributed by atoms with Gasteiger partial charge in [-0.1, -0.05) is 16.4 Å². The Balaban J connectivity index is 1.73. The SMILES string of the molecule is Cc1nonc1COc1ccc2c(c1)CCC2O. The van der Waals surface area contributed by atoms with Gasteiger partial charge < -0.3 is 9.84 Å². The van der Waals surface area contributed by atoms with Crippen molar-refractivity contribution >= 4 is 0 Å². The number of aryl methyl sites for hydroxylation is 2. The summed E-state index contributed by atoms with van der Waals surface area (Å²) in [6.45, 7) is 2.17. The van der Waals surface area contributed by atoms with Crippen molar-refractivity contribution in [1.82, 2.24) is 10.3 Å². The van der Waals surface area contributed by atoms with E-state index < -0.39 is 0 Å². The van der Waals surface area contributed by atoms with Gasteiger partial charge in [-0.25, -0.2) is 4.63 Å². The molecule has 0 saturated heterocycles. The van der Waals surface area contributed by atoms with Crippen LogP contribution in [-0.4, -0.2) is 15.4 Å². The third-order valence-corrected chi connectivity index (χ3v) is 3.28. The van der Waals surface area contributed by atoms with E-state index in [1.54, 1.807) is 0 Å². The maximum absolute atomic E-state index is 9.72. The Bertz CT molecular complexity index is 565. The van der Waals surface area contributed by atoms with Gasteiger partial charge in [0.1, 0.15) is 23.7 Å². The van der Waals surface area contributed by atoms with Gasteiger partial charge in [-0.15, -0.1) is 0 Å². The Hall–Kier alpha value is -1.88. The zero-order valence-corrected chi connectivity index (χ0v) is 10.1. The Morgan fingerprint density at radius 2 is 2.33 bits per heavy atom. The molecule has 0 amide bonds. The first-order chi connectivity index (χ1) is 8.74. The first-order valence-corrected chi connectivity index (χ1v) is 5.96. The number of nitrogens with zero attached hydrogens (tertiary/aromatic N) is 2. The Morgan fingerprint density at radius 1 is 1.44 bits per heavy atom. The summed E-state index contributed by atoms with van der Waals surface area (Å²) in [5.41, 5.74) is 3.62. The highest BCUT2D eigenvalue weighted by molar-refractivity contribution is 5.39. The van der Waals surface area contributed by atoms with Crippen LogP contribution < -0.4 is 4.74 Å². The van der Waals surface area contributed by atoms with Crippen LogP contribution in [0.4, 0.5) is 0 Å². The Labute approximate surface area is 104 Å². The van der Waals surface area contributed by atoms with Gasteiger partial charge in [0.25, 0.3) is 0 Å². The van der Waals surface area contributed by atoms with E-state index in [2.05, 4.69) is 14.9 Å². The first kappa shape index (κ1) is 11.2. The van der Waals surface area contributed by atoms with Crippen LogP contribution in [0.5, 0.6) is 5.75 Å².